The largest absolute Gasteiger partial charge is 0.456 e. The molecule has 0 aliphatic carbocycles. The maximum atomic E-state index is 14.0. The summed E-state index contributed by atoms with van der Waals surface area (Å²) in [4.78, 5) is 12.1. The van der Waals surface area contributed by atoms with E-state index in [1.54, 1.807) is 33.2 Å². The minimum atomic E-state index is -0.652. The van der Waals surface area contributed by atoms with Crippen molar-refractivity contribution in [1.82, 2.24) is 9.78 Å². The standard InChI is InChI=1S/C15H18FN3O2/c1-9-7-18-19(8-9)13-5-10(12(17)6-11(13)16)14(20)21-15(2,3)4/h5-8H,17H2,1-4H3. The van der Waals surface area contributed by atoms with E-state index < -0.39 is 17.4 Å². The van der Waals surface area contributed by atoms with Crippen LogP contribution >= 0.6 is 0 Å². The summed E-state index contributed by atoms with van der Waals surface area (Å²) >= 11 is 0. The molecule has 0 bridgehead atoms. The first-order valence-corrected chi connectivity index (χ1v) is 6.51. The predicted octanol–water partition coefficient (Wildman–Crippen LogP) is 2.86. The monoisotopic (exact) mass is 291 g/mol. The van der Waals surface area contributed by atoms with Crippen molar-refractivity contribution < 1.29 is 13.9 Å². The lowest BCUT2D eigenvalue weighted by Gasteiger charge is -2.20. The second-order valence-electron chi connectivity index (χ2n) is 5.86. The molecule has 2 N–H and O–H groups in total. The third-order valence-corrected chi connectivity index (χ3v) is 2.70. The van der Waals surface area contributed by atoms with E-state index >= 15 is 0 Å². The molecule has 6 heteroatoms. The van der Waals surface area contributed by atoms with E-state index in [1.807, 2.05) is 6.92 Å². The van der Waals surface area contributed by atoms with Gasteiger partial charge in [-0.3, -0.25) is 0 Å². The van der Waals surface area contributed by atoms with Crippen LogP contribution in [0.1, 0.15) is 36.7 Å². The summed E-state index contributed by atoms with van der Waals surface area (Å²) in [5, 5.41) is 4.04. The van der Waals surface area contributed by atoms with Crippen LogP contribution in [0.2, 0.25) is 0 Å². The molecule has 21 heavy (non-hydrogen) atoms. The molecule has 0 saturated heterocycles. The summed E-state index contributed by atoms with van der Waals surface area (Å²) < 4.78 is 20.7. The molecular weight excluding hydrogens is 273 g/mol. The van der Waals surface area contributed by atoms with E-state index in [4.69, 9.17) is 10.5 Å². The molecule has 1 aromatic heterocycles. The molecule has 5 nitrogen and oxygen atoms in total. The first-order valence-electron chi connectivity index (χ1n) is 6.51. The number of anilines is 1. The van der Waals surface area contributed by atoms with Gasteiger partial charge in [-0.1, -0.05) is 0 Å². The summed E-state index contributed by atoms with van der Waals surface area (Å²) in [6.07, 6.45) is 3.26. The van der Waals surface area contributed by atoms with Crippen molar-refractivity contribution in [2.24, 2.45) is 0 Å². The van der Waals surface area contributed by atoms with Crippen molar-refractivity contribution in [1.29, 1.82) is 0 Å². The minimum absolute atomic E-state index is 0.0365. The van der Waals surface area contributed by atoms with E-state index in [9.17, 15) is 9.18 Å². The normalized spacial score (nSPS) is 11.5. The van der Waals surface area contributed by atoms with Gasteiger partial charge in [-0.2, -0.15) is 5.10 Å². The molecule has 0 atom stereocenters. The van der Waals surface area contributed by atoms with Gasteiger partial charge in [0, 0.05) is 11.9 Å². The molecule has 2 rings (SSSR count). The summed E-state index contributed by atoms with van der Waals surface area (Å²) in [7, 11) is 0. The fourth-order valence-corrected chi connectivity index (χ4v) is 1.81. The minimum Gasteiger partial charge on any atom is -0.456 e. The lowest BCUT2D eigenvalue weighted by Crippen LogP contribution is -2.24. The highest BCUT2D eigenvalue weighted by molar-refractivity contribution is 5.96. The molecule has 0 aliphatic rings. The number of hydrogen-bond donors (Lipinski definition) is 1. The van der Waals surface area contributed by atoms with Gasteiger partial charge in [0.25, 0.3) is 0 Å². The molecule has 0 saturated carbocycles. The Kier molecular flexibility index (Phi) is 3.72. The van der Waals surface area contributed by atoms with Gasteiger partial charge in [-0.25, -0.2) is 13.9 Å². The number of halogens is 1. The Hall–Kier alpha value is -2.37. The Labute approximate surface area is 122 Å². The first-order chi connectivity index (χ1) is 9.67. The fourth-order valence-electron chi connectivity index (χ4n) is 1.81. The van der Waals surface area contributed by atoms with Gasteiger partial charge in [0.1, 0.15) is 11.3 Å². The van der Waals surface area contributed by atoms with Crippen LogP contribution in [-0.4, -0.2) is 21.4 Å². The van der Waals surface area contributed by atoms with Gasteiger partial charge in [-0.15, -0.1) is 0 Å². The smallest absolute Gasteiger partial charge is 0.340 e. The number of aromatic nitrogens is 2. The number of rotatable bonds is 2. The second kappa shape index (κ2) is 5.20. The molecule has 2 aromatic rings. The molecule has 1 heterocycles. The van der Waals surface area contributed by atoms with Crippen LogP contribution in [0.15, 0.2) is 24.5 Å². The molecular formula is C15H18FN3O2. The Balaban J connectivity index is 2.46. The molecule has 0 amide bonds. The van der Waals surface area contributed by atoms with Crippen LogP contribution in [0.3, 0.4) is 0 Å². The molecule has 0 spiro atoms. The number of benzene rings is 1. The predicted molar refractivity (Wildman–Crippen MR) is 77.8 cm³/mol. The molecule has 112 valence electrons. The average molecular weight is 291 g/mol. The maximum absolute atomic E-state index is 14.0. The molecule has 0 unspecified atom stereocenters. The van der Waals surface area contributed by atoms with Crippen molar-refractivity contribution in [3.8, 4) is 5.69 Å². The third-order valence-electron chi connectivity index (χ3n) is 2.70. The Bertz CT molecular complexity index is 687. The van der Waals surface area contributed by atoms with Crippen molar-refractivity contribution in [2.45, 2.75) is 33.3 Å². The quantitative estimate of drug-likeness (QED) is 0.682. The fraction of sp³-hybridized carbons (Fsp3) is 0.333. The van der Waals surface area contributed by atoms with Gasteiger partial charge in [0.2, 0.25) is 0 Å². The summed E-state index contributed by atoms with van der Waals surface area (Å²) in [6.45, 7) is 7.10. The first kappa shape index (κ1) is 15.0. The molecule has 0 fully saturated rings. The molecule has 0 radical (unpaired) electrons. The topological polar surface area (TPSA) is 70.1 Å². The highest BCUT2D eigenvalue weighted by Gasteiger charge is 2.22. The van der Waals surface area contributed by atoms with Crippen LogP contribution in [0.4, 0.5) is 10.1 Å². The zero-order chi connectivity index (χ0) is 15.8. The van der Waals surface area contributed by atoms with Gasteiger partial charge < -0.3 is 10.5 Å². The number of ether oxygens (including phenoxy) is 1. The zero-order valence-corrected chi connectivity index (χ0v) is 12.5. The summed E-state index contributed by atoms with van der Waals surface area (Å²) in [5.74, 6) is -1.15. The second-order valence-corrected chi connectivity index (χ2v) is 5.86. The SMILES string of the molecule is Cc1cnn(-c2cc(C(=O)OC(C)(C)C)c(N)cc2F)c1. The van der Waals surface area contributed by atoms with Crippen molar-refractivity contribution in [2.75, 3.05) is 5.73 Å². The van der Waals surface area contributed by atoms with Crippen molar-refractivity contribution in [3.05, 3.63) is 41.5 Å². The van der Waals surface area contributed by atoms with Crippen LogP contribution in [0.25, 0.3) is 5.69 Å². The highest BCUT2D eigenvalue weighted by atomic mass is 19.1. The Morgan fingerprint density at radius 1 is 1.38 bits per heavy atom. The number of hydrogen-bond acceptors (Lipinski definition) is 4. The molecule has 1 aromatic carbocycles. The van der Waals surface area contributed by atoms with Gasteiger partial charge in [0.05, 0.1) is 11.8 Å². The van der Waals surface area contributed by atoms with Crippen LogP contribution < -0.4 is 5.73 Å². The third kappa shape index (κ3) is 3.39. The maximum Gasteiger partial charge on any atom is 0.340 e. The Morgan fingerprint density at radius 2 is 2.05 bits per heavy atom. The number of nitrogens with two attached hydrogens (primary N) is 1. The van der Waals surface area contributed by atoms with Crippen LogP contribution in [-0.2, 0) is 4.74 Å². The van der Waals surface area contributed by atoms with E-state index in [-0.39, 0.29) is 16.9 Å². The van der Waals surface area contributed by atoms with Gasteiger partial charge >= 0.3 is 5.97 Å². The van der Waals surface area contributed by atoms with E-state index in [2.05, 4.69) is 5.10 Å². The number of nitrogen functional groups attached to an aromatic ring is 1. The van der Waals surface area contributed by atoms with Crippen LogP contribution in [0.5, 0.6) is 0 Å². The number of nitrogens with zero attached hydrogens (tertiary/aromatic N) is 2. The van der Waals surface area contributed by atoms with Gasteiger partial charge in [0.15, 0.2) is 5.82 Å². The number of carbonyl (C=O) groups is 1. The Morgan fingerprint density at radius 3 is 2.57 bits per heavy atom. The van der Waals surface area contributed by atoms with E-state index in [0.717, 1.165) is 11.6 Å². The summed E-state index contributed by atoms with van der Waals surface area (Å²) in [5.41, 5.74) is 6.26. The molecule has 0 aliphatic heterocycles. The average Bonchev–Trinajstić information content (AvgIpc) is 2.73. The number of esters is 1. The summed E-state index contributed by atoms with van der Waals surface area (Å²) in [6, 6.07) is 2.46. The van der Waals surface area contributed by atoms with E-state index in [0.29, 0.717) is 0 Å². The number of carbonyl (C=O) groups excluding carboxylic acids is 1. The lowest BCUT2D eigenvalue weighted by molar-refractivity contribution is 0.00707. The van der Waals surface area contributed by atoms with Crippen LogP contribution in [0, 0.1) is 12.7 Å². The number of aryl methyl sites for hydroxylation is 1. The van der Waals surface area contributed by atoms with E-state index in [1.165, 1.54) is 10.7 Å². The highest BCUT2D eigenvalue weighted by Crippen LogP contribution is 2.23. The van der Waals surface area contributed by atoms with Crippen molar-refractivity contribution in [3.63, 3.8) is 0 Å². The van der Waals surface area contributed by atoms with Crippen molar-refractivity contribution >= 4 is 11.7 Å². The zero-order valence-electron chi connectivity index (χ0n) is 12.5. The lowest BCUT2D eigenvalue weighted by atomic mass is 10.1. The van der Waals surface area contributed by atoms with Gasteiger partial charge in [-0.05, 0) is 45.4 Å².